The van der Waals surface area contributed by atoms with Crippen LogP contribution in [0.5, 0.6) is 0 Å². The van der Waals surface area contributed by atoms with Crippen molar-refractivity contribution in [2.45, 2.75) is 23.4 Å². The highest BCUT2D eigenvalue weighted by molar-refractivity contribution is 7.89. The molecule has 3 rings (SSSR count). The Morgan fingerprint density at radius 2 is 2.29 bits per heavy atom. The van der Waals surface area contributed by atoms with Gasteiger partial charge in [0.2, 0.25) is 10.0 Å². The van der Waals surface area contributed by atoms with Crippen molar-refractivity contribution in [1.82, 2.24) is 14.7 Å². The van der Waals surface area contributed by atoms with Crippen molar-refractivity contribution in [3.05, 3.63) is 24.5 Å². The number of pyridine rings is 1. The topological polar surface area (TPSA) is 101 Å². The molecule has 2 aromatic rings. The maximum absolute atomic E-state index is 12.1. The third kappa shape index (κ3) is 1.82. The van der Waals surface area contributed by atoms with E-state index in [-0.39, 0.29) is 17.0 Å². The first-order valence-electron chi connectivity index (χ1n) is 5.28. The molecule has 2 aromatic heterocycles. The fourth-order valence-electron chi connectivity index (χ4n) is 1.77. The third-order valence-corrected chi connectivity index (χ3v) is 4.38. The predicted molar refractivity (Wildman–Crippen MR) is 62.8 cm³/mol. The van der Waals surface area contributed by atoms with Crippen LogP contribution >= 0.6 is 0 Å². The number of hydrogen-bond donors (Lipinski definition) is 3. The SMILES string of the molecule is NC1CC1NS(=O)(=O)c1c[nH]c2ncccc12. The third-order valence-electron chi connectivity index (χ3n) is 2.85. The smallest absolute Gasteiger partial charge is 0.243 e. The van der Waals surface area contributed by atoms with Gasteiger partial charge in [0.25, 0.3) is 0 Å². The van der Waals surface area contributed by atoms with Crippen molar-refractivity contribution < 1.29 is 8.42 Å². The molecule has 2 atom stereocenters. The molecule has 0 amide bonds. The number of rotatable bonds is 3. The molecule has 90 valence electrons. The monoisotopic (exact) mass is 252 g/mol. The first-order valence-corrected chi connectivity index (χ1v) is 6.76. The van der Waals surface area contributed by atoms with Gasteiger partial charge in [-0.3, -0.25) is 0 Å². The van der Waals surface area contributed by atoms with Gasteiger partial charge in [-0.2, -0.15) is 0 Å². The Balaban J connectivity index is 2.02. The average Bonchev–Trinajstić information content (AvgIpc) is 2.81. The van der Waals surface area contributed by atoms with Crippen LogP contribution in [0.2, 0.25) is 0 Å². The predicted octanol–water partition coefficient (Wildman–Crippen LogP) is -0.0592. The van der Waals surface area contributed by atoms with Crippen LogP contribution in [0.1, 0.15) is 6.42 Å². The van der Waals surface area contributed by atoms with E-state index < -0.39 is 10.0 Å². The Morgan fingerprint density at radius 3 is 3.00 bits per heavy atom. The van der Waals surface area contributed by atoms with Crippen LogP contribution in [0.15, 0.2) is 29.4 Å². The van der Waals surface area contributed by atoms with Gasteiger partial charge >= 0.3 is 0 Å². The van der Waals surface area contributed by atoms with Crippen molar-refractivity contribution in [1.29, 1.82) is 0 Å². The summed E-state index contributed by atoms with van der Waals surface area (Å²) >= 11 is 0. The second kappa shape index (κ2) is 3.52. The highest BCUT2D eigenvalue weighted by atomic mass is 32.2. The lowest BCUT2D eigenvalue weighted by molar-refractivity contribution is 0.580. The van der Waals surface area contributed by atoms with E-state index in [1.807, 2.05) is 0 Å². The lowest BCUT2D eigenvalue weighted by Gasteiger charge is -2.03. The second-order valence-corrected chi connectivity index (χ2v) is 5.86. The molecule has 4 N–H and O–H groups in total. The van der Waals surface area contributed by atoms with E-state index in [1.54, 1.807) is 18.3 Å². The maximum Gasteiger partial charge on any atom is 0.243 e. The van der Waals surface area contributed by atoms with Gasteiger partial charge in [-0.15, -0.1) is 0 Å². The van der Waals surface area contributed by atoms with E-state index in [2.05, 4.69) is 14.7 Å². The van der Waals surface area contributed by atoms with Crippen LogP contribution in [0, 0.1) is 0 Å². The molecular formula is C10H12N4O2S. The van der Waals surface area contributed by atoms with Gasteiger partial charge in [-0.1, -0.05) is 0 Å². The summed E-state index contributed by atoms with van der Waals surface area (Å²) in [6.45, 7) is 0. The summed E-state index contributed by atoms with van der Waals surface area (Å²) in [4.78, 5) is 7.11. The Labute approximate surface area is 98.3 Å². The molecular weight excluding hydrogens is 240 g/mol. The van der Waals surface area contributed by atoms with Crippen LogP contribution in [0.3, 0.4) is 0 Å². The van der Waals surface area contributed by atoms with E-state index in [0.717, 1.165) is 0 Å². The molecule has 1 saturated carbocycles. The molecule has 0 aliphatic heterocycles. The zero-order valence-corrected chi connectivity index (χ0v) is 9.74. The highest BCUT2D eigenvalue weighted by Crippen LogP contribution is 2.25. The van der Waals surface area contributed by atoms with Gasteiger partial charge in [0, 0.05) is 29.9 Å². The highest BCUT2D eigenvalue weighted by Gasteiger charge is 2.37. The van der Waals surface area contributed by atoms with Gasteiger partial charge in [-0.25, -0.2) is 18.1 Å². The van der Waals surface area contributed by atoms with E-state index in [0.29, 0.717) is 17.5 Å². The van der Waals surface area contributed by atoms with Crippen LogP contribution in [0.25, 0.3) is 11.0 Å². The Morgan fingerprint density at radius 1 is 1.53 bits per heavy atom. The number of sulfonamides is 1. The number of nitrogens with one attached hydrogen (secondary N) is 2. The van der Waals surface area contributed by atoms with E-state index in [9.17, 15) is 8.42 Å². The van der Waals surface area contributed by atoms with Crippen LogP contribution in [-0.2, 0) is 10.0 Å². The second-order valence-electron chi connectivity index (χ2n) is 4.18. The summed E-state index contributed by atoms with van der Waals surface area (Å²) in [6, 6.07) is 3.23. The quantitative estimate of drug-likeness (QED) is 0.712. The number of hydrogen-bond acceptors (Lipinski definition) is 4. The fourth-order valence-corrected chi connectivity index (χ4v) is 3.23. The first-order chi connectivity index (χ1) is 8.08. The minimum absolute atomic E-state index is 0.0619. The number of aromatic nitrogens is 2. The molecule has 0 radical (unpaired) electrons. The minimum atomic E-state index is -3.51. The van der Waals surface area contributed by atoms with E-state index in [1.165, 1.54) is 6.20 Å². The number of nitrogens with zero attached hydrogens (tertiary/aromatic N) is 1. The zero-order valence-electron chi connectivity index (χ0n) is 8.92. The summed E-state index contributed by atoms with van der Waals surface area (Å²) in [7, 11) is -3.51. The molecule has 0 saturated heterocycles. The molecule has 1 fully saturated rings. The molecule has 17 heavy (non-hydrogen) atoms. The molecule has 2 unspecified atom stereocenters. The Kier molecular flexibility index (Phi) is 2.22. The summed E-state index contributed by atoms with van der Waals surface area (Å²) in [5.41, 5.74) is 6.16. The van der Waals surface area contributed by atoms with Gasteiger partial charge in [-0.05, 0) is 18.6 Å². The van der Waals surface area contributed by atoms with Crippen molar-refractivity contribution in [2.75, 3.05) is 0 Å². The molecule has 0 bridgehead atoms. The summed E-state index contributed by atoms with van der Waals surface area (Å²) in [5, 5.41) is 0.592. The number of fused-ring (bicyclic) bond motifs is 1. The van der Waals surface area contributed by atoms with Gasteiger partial charge in [0.1, 0.15) is 10.5 Å². The van der Waals surface area contributed by atoms with E-state index >= 15 is 0 Å². The molecule has 1 aliphatic carbocycles. The number of aromatic amines is 1. The average molecular weight is 252 g/mol. The summed E-state index contributed by atoms with van der Waals surface area (Å²) in [6.07, 6.45) is 3.76. The van der Waals surface area contributed by atoms with Crippen molar-refractivity contribution in [2.24, 2.45) is 5.73 Å². The van der Waals surface area contributed by atoms with Crippen molar-refractivity contribution >= 4 is 21.1 Å². The molecule has 1 aliphatic rings. The van der Waals surface area contributed by atoms with Crippen LogP contribution in [0.4, 0.5) is 0 Å². The lowest BCUT2D eigenvalue weighted by atomic mass is 10.3. The number of H-pyrrole nitrogens is 1. The van der Waals surface area contributed by atoms with Crippen molar-refractivity contribution in [3.63, 3.8) is 0 Å². The fraction of sp³-hybridized carbons (Fsp3) is 0.300. The molecule has 7 heteroatoms. The molecule has 0 spiro atoms. The first kappa shape index (κ1) is 10.7. The van der Waals surface area contributed by atoms with Crippen LogP contribution in [-0.4, -0.2) is 30.5 Å². The maximum atomic E-state index is 12.1. The zero-order chi connectivity index (χ0) is 12.0. The lowest BCUT2D eigenvalue weighted by Crippen LogP contribution is -2.29. The number of nitrogens with two attached hydrogens (primary N) is 1. The van der Waals surface area contributed by atoms with Gasteiger partial charge in [0.15, 0.2) is 0 Å². The van der Waals surface area contributed by atoms with Gasteiger partial charge in [0.05, 0.1) is 0 Å². The molecule has 0 aromatic carbocycles. The van der Waals surface area contributed by atoms with Crippen LogP contribution < -0.4 is 10.5 Å². The largest absolute Gasteiger partial charge is 0.345 e. The standard InChI is InChI=1S/C10H12N4O2S/c11-7-4-8(7)14-17(15,16)9-5-13-10-6(9)2-1-3-12-10/h1-3,5,7-8,14H,4,11H2,(H,12,13). The molecule has 6 nitrogen and oxygen atoms in total. The van der Waals surface area contributed by atoms with Gasteiger partial charge < -0.3 is 10.7 Å². The summed E-state index contributed by atoms with van der Waals surface area (Å²) < 4.78 is 26.8. The summed E-state index contributed by atoms with van der Waals surface area (Å²) in [5.74, 6) is 0. The normalized spacial score (nSPS) is 24.1. The van der Waals surface area contributed by atoms with Crippen molar-refractivity contribution in [3.8, 4) is 0 Å². The van der Waals surface area contributed by atoms with E-state index in [4.69, 9.17) is 5.73 Å². The Hall–Kier alpha value is -1.44. The molecule has 2 heterocycles. The Bertz CT molecular complexity index is 664. The minimum Gasteiger partial charge on any atom is -0.345 e.